The molecule has 1 aromatic heterocycles. The van der Waals surface area contributed by atoms with Crippen LogP contribution in [-0.2, 0) is 0 Å². The van der Waals surface area contributed by atoms with E-state index in [2.05, 4.69) is 15.6 Å². The van der Waals surface area contributed by atoms with E-state index in [9.17, 15) is 4.79 Å². The zero-order valence-corrected chi connectivity index (χ0v) is 14.7. The molecular weight excluding hydrogens is 302 g/mol. The largest absolute Gasteiger partial charge is 0.491 e. The Kier molecular flexibility index (Phi) is 6.18. The third-order valence-corrected chi connectivity index (χ3v) is 3.50. The minimum absolute atomic E-state index is 0.142. The molecule has 0 aliphatic carbocycles. The molecule has 0 radical (unpaired) electrons. The summed E-state index contributed by atoms with van der Waals surface area (Å²) in [6.45, 7) is 8.00. The minimum atomic E-state index is -0.147. The second kappa shape index (κ2) is 8.34. The smallest absolute Gasteiger partial charge is 0.270 e. The lowest BCUT2D eigenvalue weighted by Gasteiger charge is -2.12. The Bertz CT molecular complexity index is 651. The zero-order chi connectivity index (χ0) is 17.5. The van der Waals surface area contributed by atoms with Gasteiger partial charge in [-0.25, -0.2) is 4.98 Å². The third-order valence-electron chi connectivity index (χ3n) is 3.50. The highest BCUT2D eigenvalue weighted by molar-refractivity contribution is 5.92. The highest BCUT2D eigenvalue weighted by Gasteiger charge is 2.09. The number of ether oxygens (including phenoxy) is 1. The predicted octanol–water partition coefficient (Wildman–Crippen LogP) is 4.14. The number of carbonyl (C=O) groups excluding carboxylic acids is 1. The molecule has 0 aliphatic heterocycles. The molecule has 1 amide bonds. The molecule has 1 aromatic carbocycles. The lowest BCUT2D eigenvalue weighted by Crippen LogP contribution is -2.32. The summed E-state index contributed by atoms with van der Waals surface area (Å²) in [5.41, 5.74) is 2.18. The van der Waals surface area contributed by atoms with Crippen LogP contribution in [0.15, 0.2) is 42.6 Å². The van der Waals surface area contributed by atoms with Crippen LogP contribution in [-0.4, -0.2) is 23.0 Å². The van der Waals surface area contributed by atoms with Gasteiger partial charge in [-0.15, -0.1) is 0 Å². The van der Waals surface area contributed by atoms with Crippen LogP contribution in [0.3, 0.4) is 0 Å². The maximum Gasteiger partial charge on any atom is 0.270 e. The van der Waals surface area contributed by atoms with Crippen molar-refractivity contribution in [1.82, 2.24) is 10.3 Å². The van der Waals surface area contributed by atoms with E-state index in [1.807, 2.05) is 58.0 Å². The molecule has 1 heterocycles. The Balaban J connectivity index is 1.97. The van der Waals surface area contributed by atoms with Crippen molar-refractivity contribution in [2.75, 3.05) is 5.32 Å². The molecule has 0 bridgehead atoms. The molecule has 5 heteroatoms. The predicted molar refractivity (Wildman–Crippen MR) is 96.9 cm³/mol. The van der Waals surface area contributed by atoms with E-state index in [4.69, 9.17) is 4.74 Å². The van der Waals surface area contributed by atoms with E-state index in [0.717, 1.165) is 23.5 Å². The topological polar surface area (TPSA) is 63.2 Å². The van der Waals surface area contributed by atoms with Crippen molar-refractivity contribution in [3.63, 3.8) is 0 Å². The summed E-state index contributed by atoms with van der Waals surface area (Å²) in [5.74, 6) is 0.692. The van der Waals surface area contributed by atoms with Crippen molar-refractivity contribution in [2.45, 2.75) is 46.3 Å². The molecule has 0 fully saturated rings. The Morgan fingerprint density at radius 2 is 1.75 bits per heavy atom. The van der Waals surface area contributed by atoms with Crippen LogP contribution in [0.2, 0.25) is 0 Å². The van der Waals surface area contributed by atoms with Crippen molar-refractivity contribution >= 4 is 17.3 Å². The van der Waals surface area contributed by atoms with Gasteiger partial charge in [0, 0.05) is 11.7 Å². The van der Waals surface area contributed by atoms with Crippen molar-refractivity contribution < 1.29 is 9.53 Å². The number of nitrogens with zero attached hydrogens (tertiary/aromatic N) is 1. The van der Waals surface area contributed by atoms with Gasteiger partial charge in [0.2, 0.25) is 0 Å². The van der Waals surface area contributed by atoms with E-state index >= 15 is 0 Å². The molecule has 2 N–H and O–H groups in total. The summed E-state index contributed by atoms with van der Waals surface area (Å²) in [7, 11) is 0. The number of aromatic nitrogens is 1. The standard InChI is InChI=1S/C19H25N3O2/c1-5-14(4)21-19(23)18-11-8-16(12-20-18)22-15-6-9-17(10-7-15)24-13(2)3/h6-14,22H,5H2,1-4H3,(H,21,23). The van der Waals surface area contributed by atoms with Crippen LogP contribution in [0.5, 0.6) is 5.75 Å². The number of carbonyl (C=O) groups is 1. The lowest BCUT2D eigenvalue weighted by molar-refractivity contribution is 0.0934. The van der Waals surface area contributed by atoms with Crippen molar-refractivity contribution in [3.8, 4) is 5.75 Å². The second-order valence-electron chi connectivity index (χ2n) is 6.03. The van der Waals surface area contributed by atoms with Gasteiger partial charge in [0.1, 0.15) is 11.4 Å². The third kappa shape index (κ3) is 5.26. The van der Waals surface area contributed by atoms with Crippen LogP contribution in [0.4, 0.5) is 11.4 Å². The molecule has 5 nitrogen and oxygen atoms in total. The van der Waals surface area contributed by atoms with E-state index < -0.39 is 0 Å². The Morgan fingerprint density at radius 3 is 2.29 bits per heavy atom. The Hall–Kier alpha value is -2.56. The molecule has 128 valence electrons. The van der Waals surface area contributed by atoms with Gasteiger partial charge in [-0.3, -0.25) is 4.79 Å². The number of pyridine rings is 1. The van der Waals surface area contributed by atoms with E-state index in [0.29, 0.717) is 5.69 Å². The summed E-state index contributed by atoms with van der Waals surface area (Å²) in [6, 6.07) is 11.4. The molecule has 2 rings (SSSR count). The monoisotopic (exact) mass is 327 g/mol. The highest BCUT2D eigenvalue weighted by Crippen LogP contribution is 2.20. The molecule has 2 aromatic rings. The van der Waals surface area contributed by atoms with Crippen LogP contribution < -0.4 is 15.4 Å². The first-order valence-electron chi connectivity index (χ1n) is 8.28. The maximum absolute atomic E-state index is 12.0. The Labute approximate surface area is 143 Å². The number of amides is 1. The van der Waals surface area contributed by atoms with E-state index in [1.165, 1.54) is 0 Å². The fourth-order valence-corrected chi connectivity index (χ4v) is 2.06. The molecule has 0 spiro atoms. The summed E-state index contributed by atoms with van der Waals surface area (Å²) in [6.07, 6.45) is 2.70. The zero-order valence-electron chi connectivity index (χ0n) is 14.7. The average Bonchev–Trinajstić information content (AvgIpc) is 2.56. The molecular formula is C19H25N3O2. The van der Waals surface area contributed by atoms with E-state index in [-0.39, 0.29) is 18.1 Å². The molecule has 0 saturated carbocycles. The number of nitrogens with one attached hydrogen (secondary N) is 2. The highest BCUT2D eigenvalue weighted by atomic mass is 16.5. The number of hydrogen-bond donors (Lipinski definition) is 2. The van der Waals surface area contributed by atoms with Gasteiger partial charge >= 0.3 is 0 Å². The summed E-state index contributed by atoms with van der Waals surface area (Å²) in [5, 5.41) is 6.15. The maximum atomic E-state index is 12.0. The molecule has 0 aliphatic rings. The van der Waals surface area contributed by atoms with Gasteiger partial charge in [-0.2, -0.15) is 0 Å². The Morgan fingerprint density at radius 1 is 1.08 bits per heavy atom. The summed E-state index contributed by atoms with van der Waals surface area (Å²) < 4.78 is 5.62. The fraction of sp³-hybridized carbons (Fsp3) is 0.368. The van der Waals surface area contributed by atoms with E-state index in [1.54, 1.807) is 12.3 Å². The van der Waals surface area contributed by atoms with Gasteiger partial charge in [0.25, 0.3) is 5.91 Å². The minimum Gasteiger partial charge on any atom is -0.491 e. The van der Waals surface area contributed by atoms with Crippen LogP contribution in [0.25, 0.3) is 0 Å². The average molecular weight is 327 g/mol. The quantitative estimate of drug-likeness (QED) is 0.802. The number of benzene rings is 1. The number of rotatable bonds is 7. The second-order valence-corrected chi connectivity index (χ2v) is 6.03. The van der Waals surface area contributed by atoms with Gasteiger partial charge < -0.3 is 15.4 Å². The number of hydrogen-bond acceptors (Lipinski definition) is 4. The van der Waals surface area contributed by atoms with Crippen molar-refractivity contribution in [2.24, 2.45) is 0 Å². The van der Waals surface area contributed by atoms with Crippen molar-refractivity contribution in [3.05, 3.63) is 48.3 Å². The molecule has 24 heavy (non-hydrogen) atoms. The van der Waals surface area contributed by atoms with Gasteiger partial charge in [0.15, 0.2) is 0 Å². The first-order chi connectivity index (χ1) is 11.5. The normalized spacial score (nSPS) is 11.9. The van der Waals surface area contributed by atoms with Gasteiger partial charge in [-0.05, 0) is 63.6 Å². The van der Waals surface area contributed by atoms with Crippen LogP contribution >= 0.6 is 0 Å². The molecule has 1 atom stereocenters. The van der Waals surface area contributed by atoms with Gasteiger partial charge in [-0.1, -0.05) is 6.92 Å². The number of anilines is 2. The van der Waals surface area contributed by atoms with Crippen LogP contribution in [0.1, 0.15) is 44.6 Å². The summed E-state index contributed by atoms with van der Waals surface area (Å²) in [4.78, 5) is 16.2. The van der Waals surface area contributed by atoms with Crippen molar-refractivity contribution in [1.29, 1.82) is 0 Å². The van der Waals surface area contributed by atoms with Gasteiger partial charge in [0.05, 0.1) is 18.0 Å². The molecule has 1 unspecified atom stereocenters. The first kappa shape index (κ1) is 17.8. The lowest BCUT2D eigenvalue weighted by atomic mass is 10.2. The molecule has 0 saturated heterocycles. The summed E-state index contributed by atoms with van der Waals surface area (Å²) >= 11 is 0. The first-order valence-corrected chi connectivity index (χ1v) is 8.28. The van der Waals surface area contributed by atoms with Crippen LogP contribution in [0, 0.1) is 0 Å². The fourth-order valence-electron chi connectivity index (χ4n) is 2.06. The SMILES string of the molecule is CCC(C)NC(=O)c1ccc(Nc2ccc(OC(C)C)cc2)cn1.